The van der Waals surface area contributed by atoms with Crippen molar-refractivity contribution in [2.45, 2.75) is 57.9 Å². The zero-order valence-corrected chi connectivity index (χ0v) is 21.6. The van der Waals surface area contributed by atoms with Crippen LogP contribution in [-0.2, 0) is 22.4 Å². The molecule has 1 heterocycles. The molecule has 3 aromatic carbocycles. The van der Waals surface area contributed by atoms with Crippen LogP contribution in [0.5, 0.6) is 11.5 Å². The number of ether oxygens (including phenoxy) is 2. The summed E-state index contributed by atoms with van der Waals surface area (Å²) in [6.07, 6.45) is 3.33. The number of carbonyl (C=O) groups excluding carboxylic acids is 1. The molecular weight excluding hydrogens is 466 g/mol. The van der Waals surface area contributed by atoms with E-state index in [4.69, 9.17) is 9.47 Å². The first kappa shape index (κ1) is 26.4. The number of carbonyl (C=O) groups is 2. The maximum absolute atomic E-state index is 13.8. The summed E-state index contributed by atoms with van der Waals surface area (Å²) in [5.41, 5.74) is 4.16. The minimum absolute atomic E-state index is 0.0510. The molecule has 3 aromatic rings. The predicted octanol–water partition coefficient (Wildman–Crippen LogP) is 6.02. The van der Waals surface area contributed by atoms with Gasteiger partial charge in [-0.25, -0.2) is 0 Å². The van der Waals surface area contributed by atoms with Crippen molar-refractivity contribution in [1.29, 1.82) is 0 Å². The number of carboxylic acid groups (broad SMARTS) is 1. The number of benzene rings is 3. The van der Waals surface area contributed by atoms with Gasteiger partial charge < -0.3 is 19.9 Å². The number of amides is 1. The van der Waals surface area contributed by atoms with Crippen LogP contribution in [0.3, 0.4) is 0 Å². The lowest BCUT2D eigenvalue weighted by molar-refractivity contribution is -0.136. The summed E-state index contributed by atoms with van der Waals surface area (Å²) in [4.78, 5) is 25.0. The predicted molar refractivity (Wildman–Crippen MR) is 143 cm³/mol. The summed E-state index contributed by atoms with van der Waals surface area (Å²) in [6, 6.07) is 21.6. The lowest BCUT2D eigenvalue weighted by atomic mass is 9.83. The Morgan fingerprint density at radius 2 is 1.62 bits per heavy atom. The van der Waals surface area contributed by atoms with E-state index in [1.54, 1.807) is 18.2 Å². The highest BCUT2D eigenvalue weighted by Gasteiger charge is 2.34. The van der Waals surface area contributed by atoms with Gasteiger partial charge in [-0.3, -0.25) is 9.59 Å². The Balaban J connectivity index is 1.59. The molecule has 0 aliphatic carbocycles. The molecule has 6 nitrogen and oxygen atoms in total. The molecule has 0 aromatic heterocycles. The smallest absolute Gasteiger partial charge is 0.303 e. The Morgan fingerprint density at radius 1 is 0.919 bits per heavy atom. The highest BCUT2D eigenvalue weighted by Crippen LogP contribution is 2.30. The molecule has 0 radical (unpaired) electrons. The fraction of sp³-hybridized carbons (Fsp3) is 0.355. The summed E-state index contributed by atoms with van der Waals surface area (Å²) in [5, 5.41) is 12.6. The van der Waals surface area contributed by atoms with E-state index in [9.17, 15) is 14.7 Å². The van der Waals surface area contributed by atoms with Gasteiger partial charge in [-0.2, -0.15) is 0 Å². The SMILES string of the molecule is Cc1cc(C)cc(Oc2ccc(CCC(=O)O)c(C(=O)NC3(CCc4ccccc4)CCOCC3)c2)c1. The molecule has 1 saturated heterocycles. The van der Waals surface area contributed by atoms with Gasteiger partial charge in [0, 0.05) is 30.7 Å². The molecule has 4 rings (SSSR count). The van der Waals surface area contributed by atoms with Crippen LogP contribution in [0.4, 0.5) is 0 Å². The number of nitrogens with one attached hydrogen (secondary N) is 1. The van der Waals surface area contributed by atoms with E-state index in [-0.39, 0.29) is 24.3 Å². The number of aryl methyl sites for hydroxylation is 4. The van der Waals surface area contributed by atoms with Crippen LogP contribution < -0.4 is 10.1 Å². The van der Waals surface area contributed by atoms with E-state index in [1.807, 2.05) is 44.2 Å². The Labute approximate surface area is 218 Å². The molecule has 6 heteroatoms. The first-order chi connectivity index (χ1) is 17.8. The molecule has 0 saturated carbocycles. The summed E-state index contributed by atoms with van der Waals surface area (Å²) in [7, 11) is 0. The minimum atomic E-state index is -0.898. The molecule has 1 amide bonds. The number of hydrogen-bond donors (Lipinski definition) is 2. The van der Waals surface area contributed by atoms with Crippen LogP contribution in [-0.4, -0.2) is 35.7 Å². The zero-order chi connectivity index (χ0) is 26.3. The average Bonchev–Trinajstić information content (AvgIpc) is 2.87. The third kappa shape index (κ3) is 7.43. The lowest BCUT2D eigenvalue weighted by Gasteiger charge is -2.38. The number of aliphatic carboxylic acids is 1. The Bertz CT molecular complexity index is 1210. The molecule has 1 aliphatic heterocycles. The molecule has 0 spiro atoms. The summed E-state index contributed by atoms with van der Waals surface area (Å²) >= 11 is 0. The van der Waals surface area contributed by atoms with Crippen LogP contribution in [0.1, 0.15) is 58.3 Å². The van der Waals surface area contributed by atoms with Gasteiger partial charge in [-0.15, -0.1) is 0 Å². The van der Waals surface area contributed by atoms with Crippen molar-refractivity contribution in [2.24, 2.45) is 0 Å². The second-order valence-electron chi connectivity index (χ2n) is 9.97. The molecule has 194 valence electrons. The molecule has 37 heavy (non-hydrogen) atoms. The van der Waals surface area contributed by atoms with Gasteiger partial charge in [0.15, 0.2) is 0 Å². The van der Waals surface area contributed by atoms with Crippen molar-refractivity contribution >= 4 is 11.9 Å². The van der Waals surface area contributed by atoms with E-state index >= 15 is 0 Å². The fourth-order valence-corrected chi connectivity index (χ4v) is 4.95. The van der Waals surface area contributed by atoms with E-state index in [0.717, 1.165) is 36.8 Å². The molecule has 0 bridgehead atoms. The zero-order valence-electron chi connectivity index (χ0n) is 21.6. The Kier molecular flexibility index (Phi) is 8.62. The molecule has 0 atom stereocenters. The van der Waals surface area contributed by atoms with Gasteiger partial charge in [0.2, 0.25) is 0 Å². The summed E-state index contributed by atoms with van der Waals surface area (Å²) < 4.78 is 11.7. The number of rotatable bonds is 10. The highest BCUT2D eigenvalue weighted by molar-refractivity contribution is 5.96. The Hall–Kier alpha value is -3.64. The first-order valence-electron chi connectivity index (χ1n) is 12.9. The van der Waals surface area contributed by atoms with Gasteiger partial charge in [-0.1, -0.05) is 42.5 Å². The summed E-state index contributed by atoms with van der Waals surface area (Å²) in [5.74, 6) is 0.136. The summed E-state index contributed by atoms with van der Waals surface area (Å²) in [6.45, 7) is 5.21. The lowest BCUT2D eigenvalue weighted by Crippen LogP contribution is -2.52. The van der Waals surface area contributed by atoms with Crippen molar-refractivity contribution in [3.63, 3.8) is 0 Å². The van der Waals surface area contributed by atoms with Gasteiger partial charge in [0.25, 0.3) is 5.91 Å². The van der Waals surface area contributed by atoms with Gasteiger partial charge >= 0.3 is 5.97 Å². The molecule has 1 aliphatic rings. The van der Waals surface area contributed by atoms with Crippen LogP contribution in [0.2, 0.25) is 0 Å². The molecule has 1 fully saturated rings. The Morgan fingerprint density at radius 3 is 2.30 bits per heavy atom. The molecular formula is C31H35NO5. The van der Waals surface area contributed by atoms with Crippen LogP contribution in [0.25, 0.3) is 0 Å². The van der Waals surface area contributed by atoms with E-state index < -0.39 is 5.97 Å². The maximum atomic E-state index is 13.8. The van der Waals surface area contributed by atoms with Crippen molar-refractivity contribution in [3.05, 3.63) is 94.5 Å². The van der Waals surface area contributed by atoms with Gasteiger partial charge in [0.1, 0.15) is 11.5 Å². The molecule has 0 unspecified atom stereocenters. The first-order valence-corrected chi connectivity index (χ1v) is 12.9. The standard InChI is InChI=1S/C31H35NO5/c1-22-18-23(2)20-27(19-22)37-26-10-8-25(9-11-29(33)34)28(21-26)30(35)32-31(14-16-36-17-15-31)13-12-24-6-4-3-5-7-24/h3-8,10,18-21H,9,11-17H2,1-2H3,(H,32,35)(H,33,34). The second-order valence-corrected chi connectivity index (χ2v) is 9.97. The largest absolute Gasteiger partial charge is 0.481 e. The second kappa shape index (κ2) is 12.1. The van der Waals surface area contributed by atoms with Crippen LogP contribution in [0, 0.1) is 13.8 Å². The van der Waals surface area contributed by atoms with E-state index in [2.05, 4.69) is 23.5 Å². The van der Waals surface area contributed by atoms with Gasteiger partial charge in [0.05, 0.1) is 0 Å². The van der Waals surface area contributed by atoms with E-state index in [1.165, 1.54) is 5.56 Å². The van der Waals surface area contributed by atoms with E-state index in [0.29, 0.717) is 35.8 Å². The number of carboxylic acids is 1. The van der Waals surface area contributed by atoms with Crippen LogP contribution >= 0.6 is 0 Å². The van der Waals surface area contributed by atoms with Crippen molar-refractivity contribution in [3.8, 4) is 11.5 Å². The third-order valence-corrected chi connectivity index (χ3v) is 6.93. The third-order valence-electron chi connectivity index (χ3n) is 6.93. The highest BCUT2D eigenvalue weighted by atomic mass is 16.5. The van der Waals surface area contributed by atoms with Crippen molar-refractivity contribution in [2.75, 3.05) is 13.2 Å². The fourth-order valence-electron chi connectivity index (χ4n) is 4.95. The molecule has 2 N–H and O–H groups in total. The average molecular weight is 502 g/mol. The van der Waals surface area contributed by atoms with Gasteiger partial charge in [-0.05, 0) is 92.5 Å². The quantitative estimate of drug-likeness (QED) is 0.355. The van der Waals surface area contributed by atoms with Crippen molar-refractivity contribution < 1.29 is 24.2 Å². The van der Waals surface area contributed by atoms with Crippen molar-refractivity contribution in [1.82, 2.24) is 5.32 Å². The van der Waals surface area contributed by atoms with Crippen LogP contribution in [0.15, 0.2) is 66.7 Å². The minimum Gasteiger partial charge on any atom is -0.481 e. The monoisotopic (exact) mass is 501 g/mol. The number of hydrogen-bond acceptors (Lipinski definition) is 4. The maximum Gasteiger partial charge on any atom is 0.303 e. The normalized spacial score (nSPS) is 14.6. The topological polar surface area (TPSA) is 84.9 Å².